The van der Waals surface area contributed by atoms with Crippen LogP contribution in [0.4, 0.5) is 0 Å². The number of nitrogens with zero attached hydrogens (tertiary/aromatic N) is 4. The molecule has 13 aromatic rings. The zero-order chi connectivity index (χ0) is 40.0. The van der Waals surface area contributed by atoms with Crippen LogP contribution < -0.4 is 0 Å². The quantitative estimate of drug-likeness (QED) is 0.175. The number of furan rings is 1. The fourth-order valence-corrected chi connectivity index (χ4v) is 9.59. The van der Waals surface area contributed by atoms with E-state index in [4.69, 9.17) is 14.4 Å². The highest BCUT2D eigenvalue weighted by molar-refractivity contribution is 6.14. The highest BCUT2D eigenvalue weighted by Crippen LogP contribution is 2.41. The van der Waals surface area contributed by atoms with Crippen LogP contribution in [0.5, 0.6) is 0 Å². The van der Waals surface area contributed by atoms with E-state index >= 15 is 0 Å². The van der Waals surface area contributed by atoms with E-state index in [0.717, 1.165) is 72.2 Å². The summed E-state index contributed by atoms with van der Waals surface area (Å²) >= 11 is 0. The molecular formula is C56H34N4O. The number of fused-ring (bicyclic) bond motifs is 10. The fraction of sp³-hybridized carbons (Fsp3) is 0. The zero-order valence-corrected chi connectivity index (χ0v) is 32.8. The van der Waals surface area contributed by atoms with Gasteiger partial charge in [0.15, 0.2) is 5.82 Å². The van der Waals surface area contributed by atoms with E-state index in [1.54, 1.807) is 0 Å². The van der Waals surface area contributed by atoms with Crippen molar-refractivity contribution in [3.05, 3.63) is 206 Å². The molecule has 0 bridgehead atoms. The smallest absolute Gasteiger partial charge is 0.161 e. The van der Waals surface area contributed by atoms with Gasteiger partial charge in [-0.25, -0.2) is 9.97 Å². The van der Waals surface area contributed by atoms with Gasteiger partial charge in [-0.1, -0.05) is 127 Å². The van der Waals surface area contributed by atoms with Crippen molar-refractivity contribution >= 4 is 76.5 Å². The van der Waals surface area contributed by atoms with Crippen molar-refractivity contribution in [3.63, 3.8) is 0 Å². The van der Waals surface area contributed by atoms with Crippen molar-refractivity contribution in [1.82, 2.24) is 19.1 Å². The summed E-state index contributed by atoms with van der Waals surface area (Å²) in [6.07, 6.45) is 0. The normalized spacial score (nSPS) is 11.9. The predicted molar refractivity (Wildman–Crippen MR) is 252 cm³/mol. The van der Waals surface area contributed by atoms with E-state index in [1.807, 2.05) is 18.2 Å². The summed E-state index contributed by atoms with van der Waals surface area (Å²) in [4.78, 5) is 10.6. The topological polar surface area (TPSA) is 48.8 Å². The number of hydrogen-bond acceptors (Lipinski definition) is 3. The molecule has 0 aliphatic rings. The first-order valence-electron chi connectivity index (χ1n) is 20.7. The molecule has 0 saturated carbocycles. The van der Waals surface area contributed by atoms with Gasteiger partial charge < -0.3 is 13.6 Å². The monoisotopic (exact) mass is 778 g/mol. The van der Waals surface area contributed by atoms with Gasteiger partial charge in [-0.05, 0) is 90.0 Å². The third kappa shape index (κ3) is 5.14. The fourth-order valence-electron chi connectivity index (χ4n) is 9.59. The van der Waals surface area contributed by atoms with Crippen LogP contribution in [0.1, 0.15) is 0 Å². The number of aromatic nitrogens is 4. The molecule has 5 nitrogen and oxygen atoms in total. The van der Waals surface area contributed by atoms with Crippen molar-refractivity contribution in [2.75, 3.05) is 0 Å². The molecule has 13 rings (SSSR count). The molecule has 4 aromatic heterocycles. The highest BCUT2D eigenvalue weighted by atomic mass is 16.3. The van der Waals surface area contributed by atoms with E-state index in [2.05, 4.69) is 197 Å². The minimum Gasteiger partial charge on any atom is -0.456 e. The Hall–Kier alpha value is -8.28. The first kappa shape index (κ1) is 33.7. The summed E-state index contributed by atoms with van der Waals surface area (Å²) in [5.74, 6) is 0.661. The summed E-state index contributed by atoms with van der Waals surface area (Å²) in [6, 6.07) is 73.1. The molecule has 9 aromatic carbocycles. The Morgan fingerprint density at radius 2 is 0.885 bits per heavy atom. The molecule has 61 heavy (non-hydrogen) atoms. The number of rotatable bonds is 5. The molecule has 0 unspecified atom stereocenters. The lowest BCUT2D eigenvalue weighted by Crippen LogP contribution is -1.97. The molecule has 0 aliphatic carbocycles. The van der Waals surface area contributed by atoms with E-state index in [9.17, 15) is 0 Å². The maximum Gasteiger partial charge on any atom is 0.161 e. The van der Waals surface area contributed by atoms with Gasteiger partial charge >= 0.3 is 0 Å². The van der Waals surface area contributed by atoms with E-state index in [1.165, 1.54) is 43.6 Å². The Balaban J connectivity index is 0.948. The van der Waals surface area contributed by atoms with Crippen molar-refractivity contribution in [1.29, 1.82) is 0 Å². The number of benzene rings is 9. The van der Waals surface area contributed by atoms with Crippen molar-refractivity contribution < 1.29 is 4.42 Å². The first-order valence-corrected chi connectivity index (χ1v) is 20.7. The third-order valence-corrected chi connectivity index (χ3v) is 12.3. The van der Waals surface area contributed by atoms with Crippen LogP contribution in [-0.4, -0.2) is 19.1 Å². The van der Waals surface area contributed by atoms with Gasteiger partial charge in [-0.15, -0.1) is 0 Å². The highest BCUT2D eigenvalue weighted by Gasteiger charge is 2.20. The average Bonchev–Trinajstić information content (AvgIpc) is 3.99. The van der Waals surface area contributed by atoms with Crippen LogP contribution in [0.3, 0.4) is 0 Å². The SMILES string of the molecule is c1ccc(-n2c3ccccc3c3cc(-c4ccc5oc6cccc(-c7nc(-c8ccc(-n9c%10ccccc%10c%10ccccc%109)cc8)c8ccccc8n7)c6c5c4)ccc32)cc1. The lowest BCUT2D eigenvalue weighted by Gasteiger charge is -2.12. The number of hydrogen-bond donors (Lipinski definition) is 0. The average molecular weight is 779 g/mol. The lowest BCUT2D eigenvalue weighted by atomic mass is 9.99. The molecule has 0 N–H and O–H groups in total. The molecular weight excluding hydrogens is 745 g/mol. The first-order chi connectivity index (χ1) is 30.2. The van der Waals surface area contributed by atoms with E-state index in [0.29, 0.717) is 5.82 Å². The molecule has 284 valence electrons. The standard InChI is InChI=1S/C56H34N4O/c1-2-13-38(14-3-1)59-50-23-11-7-17-42(50)45-33-36(27-31-51(45)59)37-28-32-52-46(34-37)54-44(19-12-24-53(54)61-52)56-57-47-20-8-4-18-43(47)55(58-56)35-25-29-39(30-26-35)60-48-21-9-5-15-40(48)41-16-6-10-22-49(41)60/h1-34H. The molecule has 0 atom stereocenters. The largest absolute Gasteiger partial charge is 0.456 e. The summed E-state index contributed by atoms with van der Waals surface area (Å²) in [7, 11) is 0. The molecule has 0 saturated heterocycles. The van der Waals surface area contributed by atoms with Crippen LogP contribution >= 0.6 is 0 Å². The second-order valence-electron chi connectivity index (χ2n) is 15.7. The van der Waals surface area contributed by atoms with Gasteiger partial charge in [0.05, 0.1) is 33.3 Å². The lowest BCUT2D eigenvalue weighted by molar-refractivity contribution is 0.669. The van der Waals surface area contributed by atoms with E-state index in [-0.39, 0.29) is 0 Å². The van der Waals surface area contributed by atoms with Crippen molar-refractivity contribution in [3.8, 4) is 45.1 Å². The van der Waals surface area contributed by atoms with Gasteiger partial charge in [0.25, 0.3) is 0 Å². The van der Waals surface area contributed by atoms with Crippen molar-refractivity contribution in [2.45, 2.75) is 0 Å². The Labute approximate surface area is 350 Å². The van der Waals surface area contributed by atoms with Gasteiger partial charge in [-0.3, -0.25) is 0 Å². The van der Waals surface area contributed by atoms with Gasteiger partial charge in [0.2, 0.25) is 0 Å². The Bertz CT molecular complexity index is 3820. The summed E-state index contributed by atoms with van der Waals surface area (Å²) in [5.41, 5.74) is 14.6. The molecule has 0 radical (unpaired) electrons. The molecule has 0 fully saturated rings. The van der Waals surface area contributed by atoms with Gasteiger partial charge in [0.1, 0.15) is 11.2 Å². The molecule has 0 aliphatic heterocycles. The van der Waals surface area contributed by atoms with Crippen LogP contribution in [0, 0.1) is 0 Å². The zero-order valence-electron chi connectivity index (χ0n) is 32.8. The van der Waals surface area contributed by atoms with Crippen LogP contribution in [0.15, 0.2) is 211 Å². The molecule has 5 heteroatoms. The predicted octanol–water partition coefficient (Wildman–Crippen LogP) is 14.7. The summed E-state index contributed by atoms with van der Waals surface area (Å²) < 4.78 is 11.2. The number of para-hydroxylation sites is 5. The second-order valence-corrected chi connectivity index (χ2v) is 15.7. The van der Waals surface area contributed by atoms with Crippen LogP contribution in [0.25, 0.3) is 122 Å². The second kappa shape index (κ2) is 13.1. The maximum absolute atomic E-state index is 6.54. The third-order valence-electron chi connectivity index (χ3n) is 12.3. The van der Waals surface area contributed by atoms with E-state index < -0.39 is 0 Å². The van der Waals surface area contributed by atoms with Gasteiger partial charge in [-0.2, -0.15) is 0 Å². The molecule has 0 amide bonds. The Morgan fingerprint density at radius 3 is 1.59 bits per heavy atom. The van der Waals surface area contributed by atoms with Gasteiger partial charge in [0, 0.05) is 60.2 Å². The Morgan fingerprint density at radius 1 is 0.344 bits per heavy atom. The molecule has 0 spiro atoms. The Kier molecular flexibility index (Phi) is 7.24. The van der Waals surface area contributed by atoms with Crippen LogP contribution in [-0.2, 0) is 0 Å². The minimum absolute atomic E-state index is 0.661. The van der Waals surface area contributed by atoms with Crippen LogP contribution in [0.2, 0.25) is 0 Å². The summed E-state index contributed by atoms with van der Waals surface area (Å²) in [5, 5.41) is 7.98. The van der Waals surface area contributed by atoms with Crippen molar-refractivity contribution in [2.24, 2.45) is 0 Å². The minimum atomic E-state index is 0.661. The molecule has 4 heterocycles. The maximum atomic E-state index is 6.54. The summed E-state index contributed by atoms with van der Waals surface area (Å²) in [6.45, 7) is 0.